The summed E-state index contributed by atoms with van der Waals surface area (Å²) in [6.45, 7) is 3.69. The van der Waals surface area contributed by atoms with Crippen molar-refractivity contribution in [2.45, 2.75) is 30.9 Å². The molecule has 1 atom stereocenters. The number of rotatable bonds is 11. The van der Waals surface area contributed by atoms with Crippen LogP contribution in [0.2, 0.25) is 0 Å². The summed E-state index contributed by atoms with van der Waals surface area (Å²) in [4.78, 5) is 11.2. The second kappa shape index (κ2) is 12.4. The summed E-state index contributed by atoms with van der Waals surface area (Å²) in [5.41, 5.74) is 2.02. The van der Waals surface area contributed by atoms with Crippen molar-refractivity contribution < 1.29 is 23.2 Å². The van der Waals surface area contributed by atoms with E-state index in [0.29, 0.717) is 44.8 Å². The Morgan fingerprint density at radius 2 is 1.71 bits per heavy atom. The number of hydrogen-bond donors (Lipinski definition) is 0. The van der Waals surface area contributed by atoms with E-state index >= 15 is 0 Å². The Hall–Kier alpha value is -3.51. The normalized spacial score (nSPS) is 11.8. The smallest absolute Gasteiger partial charge is 0.220 e. The molecule has 0 bridgehead atoms. The van der Waals surface area contributed by atoms with Gasteiger partial charge in [-0.1, -0.05) is 23.9 Å². The molecule has 3 aromatic carbocycles. The lowest BCUT2D eigenvalue weighted by atomic mass is 10.1. The molecule has 4 aromatic rings. The van der Waals surface area contributed by atoms with Crippen molar-refractivity contribution in [3.05, 3.63) is 104 Å². The topological polar surface area (TPSA) is 92.3 Å². The van der Waals surface area contributed by atoms with Crippen LogP contribution in [0.25, 0.3) is 5.69 Å². The highest BCUT2D eigenvalue weighted by atomic mass is 79.9. The summed E-state index contributed by atoms with van der Waals surface area (Å²) in [6, 6.07) is 15.3. The van der Waals surface area contributed by atoms with E-state index in [1.807, 2.05) is 6.92 Å². The zero-order chi connectivity index (χ0) is 27.2. The molecule has 12 heteroatoms. The van der Waals surface area contributed by atoms with Gasteiger partial charge >= 0.3 is 0 Å². The van der Waals surface area contributed by atoms with Gasteiger partial charge in [0.05, 0.1) is 11.1 Å². The van der Waals surface area contributed by atoms with Gasteiger partial charge in [-0.25, -0.2) is 8.78 Å². The third-order valence-corrected chi connectivity index (χ3v) is 7.21. The number of thioether (sulfide) groups is 1. The van der Waals surface area contributed by atoms with Crippen LogP contribution in [-0.2, 0) is 6.61 Å². The minimum absolute atomic E-state index is 0.172. The van der Waals surface area contributed by atoms with Crippen molar-refractivity contribution in [3.63, 3.8) is 0 Å². The van der Waals surface area contributed by atoms with Gasteiger partial charge in [-0.3, -0.25) is 14.7 Å². The van der Waals surface area contributed by atoms with Crippen LogP contribution in [0, 0.1) is 28.7 Å². The van der Waals surface area contributed by atoms with Crippen molar-refractivity contribution in [3.8, 4) is 17.2 Å². The van der Waals surface area contributed by atoms with Gasteiger partial charge in [0.15, 0.2) is 16.7 Å². The Bertz CT molecular complexity index is 1420. The molecule has 4 rings (SSSR count). The third-order valence-electron chi connectivity index (χ3n) is 5.44. The first kappa shape index (κ1) is 27.5. The Morgan fingerprint density at radius 1 is 1.05 bits per heavy atom. The van der Waals surface area contributed by atoms with E-state index in [2.05, 4.69) is 26.1 Å². The Labute approximate surface area is 230 Å². The molecule has 0 amide bonds. The standard InChI is InChI=1S/C26H23BrF2N4O4S/c1-3-36-23-13-18(12-22(27)25(23)37-15-17-4-6-19(28)7-5-17)24(14-32(34)35)38-26-31-30-16(2)33(26)21-10-8-20(29)9-11-21/h4-13,24H,3,14-15H2,1-2H3/t24-/m0/s1. The van der Waals surface area contributed by atoms with Gasteiger partial charge in [0, 0.05) is 10.6 Å². The number of aryl methyl sites for hydroxylation is 1. The summed E-state index contributed by atoms with van der Waals surface area (Å²) in [7, 11) is 0. The molecule has 0 spiro atoms. The minimum Gasteiger partial charge on any atom is -0.490 e. The number of aromatic nitrogens is 3. The fourth-order valence-electron chi connectivity index (χ4n) is 3.69. The van der Waals surface area contributed by atoms with Crippen molar-refractivity contribution >= 4 is 27.7 Å². The lowest BCUT2D eigenvalue weighted by Crippen LogP contribution is -2.12. The van der Waals surface area contributed by atoms with Crippen LogP contribution in [0.5, 0.6) is 11.5 Å². The third kappa shape index (κ3) is 6.67. The maximum absolute atomic E-state index is 13.5. The molecule has 0 N–H and O–H groups in total. The fraction of sp³-hybridized carbons (Fsp3) is 0.231. The van der Waals surface area contributed by atoms with E-state index in [1.165, 1.54) is 36.0 Å². The molecular weight excluding hydrogens is 582 g/mol. The first-order valence-electron chi connectivity index (χ1n) is 11.5. The summed E-state index contributed by atoms with van der Waals surface area (Å²) >= 11 is 4.69. The quantitative estimate of drug-likeness (QED) is 0.107. The zero-order valence-corrected chi connectivity index (χ0v) is 22.8. The number of benzene rings is 3. The molecule has 0 aliphatic heterocycles. The predicted octanol–water partition coefficient (Wildman–Crippen LogP) is 6.70. The Morgan fingerprint density at radius 3 is 2.34 bits per heavy atom. The molecule has 0 radical (unpaired) electrons. The highest BCUT2D eigenvalue weighted by Gasteiger charge is 2.26. The highest BCUT2D eigenvalue weighted by molar-refractivity contribution is 9.10. The van der Waals surface area contributed by atoms with E-state index in [0.717, 1.165) is 5.56 Å². The maximum atomic E-state index is 13.5. The average molecular weight is 605 g/mol. The van der Waals surface area contributed by atoms with E-state index < -0.39 is 16.7 Å². The van der Waals surface area contributed by atoms with E-state index in [4.69, 9.17) is 9.47 Å². The second-order valence-electron chi connectivity index (χ2n) is 8.14. The average Bonchev–Trinajstić information content (AvgIpc) is 3.24. The van der Waals surface area contributed by atoms with Crippen LogP contribution in [0.1, 0.15) is 29.1 Å². The molecular formula is C26H23BrF2N4O4S. The summed E-state index contributed by atoms with van der Waals surface area (Å²) in [5.74, 6) is 0.669. The number of hydrogen-bond acceptors (Lipinski definition) is 7. The summed E-state index contributed by atoms with van der Waals surface area (Å²) < 4.78 is 40.8. The van der Waals surface area contributed by atoms with Gasteiger partial charge in [-0.15, -0.1) is 10.2 Å². The van der Waals surface area contributed by atoms with Gasteiger partial charge in [0.1, 0.15) is 29.3 Å². The number of ether oxygens (including phenoxy) is 2. The van der Waals surface area contributed by atoms with Crippen molar-refractivity contribution in [2.75, 3.05) is 13.2 Å². The van der Waals surface area contributed by atoms with Crippen molar-refractivity contribution in [1.82, 2.24) is 14.8 Å². The van der Waals surface area contributed by atoms with E-state index in [9.17, 15) is 18.9 Å². The number of nitro groups is 1. The fourth-order valence-corrected chi connectivity index (χ4v) is 5.42. The van der Waals surface area contributed by atoms with Crippen LogP contribution in [-0.4, -0.2) is 32.8 Å². The maximum Gasteiger partial charge on any atom is 0.220 e. The van der Waals surface area contributed by atoms with Crippen LogP contribution in [0.15, 0.2) is 70.3 Å². The van der Waals surface area contributed by atoms with E-state index in [-0.39, 0.29) is 18.2 Å². The van der Waals surface area contributed by atoms with Crippen LogP contribution < -0.4 is 9.47 Å². The summed E-state index contributed by atoms with van der Waals surface area (Å²) in [5, 5.41) is 19.7. The molecule has 38 heavy (non-hydrogen) atoms. The molecule has 0 saturated heterocycles. The predicted molar refractivity (Wildman–Crippen MR) is 143 cm³/mol. The first-order chi connectivity index (χ1) is 18.2. The monoisotopic (exact) mass is 604 g/mol. The summed E-state index contributed by atoms with van der Waals surface area (Å²) in [6.07, 6.45) is 0. The van der Waals surface area contributed by atoms with Gasteiger partial charge in [0.2, 0.25) is 6.54 Å². The number of nitrogens with zero attached hydrogens (tertiary/aromatic N) is 4. The van der Waals surface area contributed by atoms with Gasteiger partial charge in [0.25, 0.3) is 0 Å². The molecule has 0 unspecified atom stereocenters. The molecule has 0 aliphatic rings. The zero-order valence-electron chi connectivity index (χ0n) is 20.4. The van der Waals surface area contributed by atoms with Gasteiger partial charge < -0.3 is 9.47 Å². The Balaban J connectivity index is 1.66. The molecule has 0 saturated carbocycles. The lowest BCUT2D eigenvalue weighted by molar-refractivity contribution is -0.479. The minimum atomic E-state index is -0.658. The molecule has 0 fully saturated rings. The SMILES string of the molecule is CCOc1cc([C@H](C[N+](=O)[O-])Sc2nnc(C)n2-c2ccc(F)cc2)cc(Br)c1OCc1ccc(F)cc1. The molecule has 1 heterocycles. The largest absolute Gasteiger partial charge is 0.490 e. The molecule has 198 valence electrons. The van der Waals surface area contributed by atoms with Crippen LogP contribution >= 0.6 is 27.7 Å². The Kier molecular flexibility index (Phi) is 8.95. The molecule has 0 aliphatic carbocycles. The van der Waals surface area contributed by atoms with Crippen LogP contribution in [0.4, 0.5) is 8.78 Å². The second-order valence-corrected chi connectivity index (χ2v) is 10.2. The van der Waals surface area contributed by atoms with E-state index in [1.54, 1.807) is 47.9 Å². The van der Waals surface area contributed by atoms with Gasteiger partial charge in [-0.2, -0.15) is 0 Å². The lowest BCUT2D eigenvalue weighted by Gasteiger charge is -2.19. The highest BCUT2D eigenvalue weighted by Crippen LogP contribution is 2.43. The van der Waals surface area contributed by atoms with Gasteiger partial charge in [-0.05, 0) is 89.4 Å². The van der Waals surface area contributed by atoms with Crippen LogP contribution in [0.3, 0.4) is 0 Å². The molecule has 8 nitrogen and oxygen atoms in total. The molecule has 1 aromatic heterocycles. The first-order valence-corrected chi connectivity index (χ1v) is 13.2. The number of halogens is 3. The van der Waals surface area contributed by atoms with Crippen molar-refractivity contribution in [1.29, 1.82) is 0 Å². The van der Waals surface area contributed by atoms with Crippen molar-refractivity contribution in [2.24, 2.45) is 0 Å².